The van der Waals surface area contributed by atoms with Crippen molar-refractivity contribution in [2.75, 3.05) is 0 Å². The fourth-order valence-electron chi connectivity index (χ4n) is 3.65. The Morgan fingerprint density at radius 3 is 2.10 bits per heavy atom. The molecule has 0 unspecified atom stereocenters. The summed E-state index contributed by atoms with van der Waals surface area (Å²) in [5, 5.41) is 5.92. The Morgan fingerprint density at radius 1 is 0.759 bits per heavy atom. The second-order valence-electron chi connectivity index (χ2n) is 6.96. The first-order valence-electron chi connectivity index (χ1n) is 9.48. The van der Waals surface area contributed by atoms with E-state index in [0.717, 1.165) is 49.3 Å². The summed E-state index contributed by atoms with van der Waals surface area (Å²) in [5.41, 5.74) is 7.15. The summed E-state index contributed by atoms with van der Waals surface area (Å²) in [4.78, 5) is 5.04. The van der Waals surface area contributed by atoms with Gasteiger partial charge in [-0.25, -0.2) is 9.67 Å². The fraction of sp³-hybridized carbons (Fsp3) is 0.0400. The lowest BCUT2D eigenvalue weighted by Crippen LogP contribution is -1.98. The SMILES string of the molecule is Cc1nn(-c2ccccc2)c2nc(-c3ccccc3)cc(-c3ccc(Br)cc3)c12. The number of fused-ring (bicyclic) bond motifs is 1. The van der Waals surface area contributed by atoms with Crippen LogP contribution in [-0.2, 0) is 0 Å². The lowest BCUT2D eigenvalue weighted by molar-refractivity contribution is 0.878. The zero-order valence-corrected chi connectivity index (χ0v) is 17.5. The molecule has 0 aliphatic rings. The van der Waals surface area contributed by atoms with Gasteiger partial charge >= 0.3 is 0 Å². The molecule has 4 heteroatoms. The number of nitrogens with zero attached hydrogens (tertiary/aromatic N) is 3. The molecule has 0 aliphatic heterocycles. The quantitative estimate of drug-likeness (QED) is 0.308. The van der Waals surface area contributed by atoms with E-state index in [2.05, 4.69) is 70.5 Å². The van der Waals surface area contributed by atoms with Crippen LogP contribution in [0, 0.1) is 6.92 Å². The van der Waals surface area contributed by atoms with Crippen molar-refractivity contribution in [3.05, 3.63) is 101 Å². The average Bonchev–Trinajstić information content (AvgIpc) is 3.11. The number of hydrogen-bond acceptors (Lipinski definition) is 2. The largest absolute Gasteiger partial charge is 0.228 e. The molecule has 140 valence electrons. The topological polar surface area (TPSA) is 30.7 Å². The smallest absolute Gasteiger partial charge is 0.164 e. The predicted molar refractivity (Wildman–Crippen MR) is 122 cm³/mol. The summed E-state index contributed by atoms with van der Waals surface area (Å²) in [6.07, 6.45) is 0. The van der Waals surface area contributed by atoms with Crippen LogP contribution in [0.25, 0.3) is 39.1 Å². The molecule has 0 saturated heterocycles. The first-order chi connectivity index (χ1) is 14.2. The highest BCUT2D eigenvalue weighted by Gasteiger charge is 2.17. The first-order valence-corrected chi connectivity index (χ1v) is 10.3. The first kappa shape index (κ1) is 17.8. The molecular weight excluding hydrogens is 422 g/mol. The molecule has 2 aromatic heterocycles. The molecule has 3 aromatic carbocycles. The summed E-state index contributed by atoms with van der Waals surface area (Å²) in [7, 11) is 0. The van der Waals surface area contributed by atoms with E-state index in [4.69, 9.17) is 10.1 Å². The van der Waals surface area contributed by atoms with Crippen molar-refractivity contribution in [2.45, 2.75) is 6.92 Å². The van der Waals surface area contributed by atoms with Crippen molar-refractivity contribution in [3.63, 3.8) is 0 Å². The highest BCUT2D eigenvalue weighted by Crippen LogP contribution is 2.35. The lowest BCUT2D eigenvalue weighted by atomic mass is 9.99. The maximum Gasteiger partial charge on any atom is 0.164 e. The minimum absolute atomic E-state index is 0.868. The van der Waals surface area contributed by atoms with Gasteiger partial charge in [-0.1, -0.05) is 76.6 Å². The van der Waals surface area contributed by atoms with E-state index in [-0.39, 0.29) is 0 Å². The van der Waals surface area contributed by atoms with Gasteiger partial charge in [-0.2, -0.15) is 5.10 Å². The number of para-hydroxylation sites is 1. The van der Waals surface area contributed by atoms with E-state index in [9.17, 15) is 0 Å². The van der Waals surface area contributed by atoms with E-state index < -0.39 is 0 Å². The zero-order valence-electron chi connectivity index (χ0n) is 15.9. The minimum atomic E-state index is 0.868. The number of rotatable bonds is 3. The summed E-state index contributed by atoms with van der Waals surface area (Å²) in [6, 6.07) is 31.0. The number of pyridine rings is 1. The molecular formula is C25H18BrN3. The molecule has 5 aromatic rings. The average molecular weight is 440 g/mol. The molecule has 0 radical (unpaired) electrons. The Bertz CT molecular complexity index is 1290. The third-order valence-electron chi connectivity index (χ3n) is 5.04. The normalized spacial score (nSPS) is 11.1. The number of benzene rings is 3. The van der Waals surface area contributed by atoms with Crippen LogP contribution in [0.3, 0.4) is 0 Å². The molecule has 0 fully saturated rings. The molecule has 0 saturated carbocycles. The second kappa shape index (κ2) is 7.30. The predicted octanol–water partition coefficient (Wildman–Crippen LogP) is 6.83. The maximum absolute atomic E-state index is 5.04. The summed E-state index contributed by atoms with van der Waals surface area (Å²) in [6.45, 7) is 2.05. The van der Waals surface area contributed by atoms with Gasteiger partial charge in [-0.3, -0.25) is 0 Å². The van der Waals surface area contributed by atoms with Gasteiger partial charge in [0.1, 0.15) is 0 Å². The van der Waals surface area contributed by atoms with Crippen LogP contribution in [0.5, 0.6) is 0 Å². The Labute approximate surface area is 177 Å². The van der Waals surface area contributed by atoms with Crippen LogP contribution < -0.4 is 0 Å². The Hall–Kier alpha value is -3.24. The minimum Gasteiger partial charge on any atom is -0.228 e. The number of aryl methyl sites for hydroxylation is 1. The number of halogens is 1. The number of hydrogen-bond donors (Lipinski definition) is 0. The van der Waals surface area contributed by atoms with Crippen molar-refractivity contribution in [2.24, 2.45) is 0 Å². The van der Waals surface area contributed by atoms with Gasteiger partial charge in [0, 0.05) is 10.0 Å². The molecule has 0 atom stereocenters. The van der Waals surface area contributed by atoms with Gasteiger partial charge in [0.2, 0.25) is 0 Å². The molecule has 2 heterocycles. The van der Waals surface area contributed by atoms with Crippen molar-refractivity contribution in [1.82, 2.24) is 14.8 Å². The Balaban J connectivity index is 1.85. The van der Waals surface area contributed by atoms with Crippen LogP contribution in [0.4, 0.5) is 0 Å². The van der Waals surface area contributed by atoms with Crippen LogP contribution in [-0.4, -0.2) is 14.8 Å². The van der Waals surface area contributed by atoms with Gasteiger partial charge in [-0.05, 0) is 48.4 Å². The van der Waals surface area contributed by atoms with Gasteiger partial charge < -0.3 is 0 Å². The Morgan fingerprint density at radius 2 is 1.41 bits per heavy atom. The van der Waals surface area contributed by atoms with E-state index >= 15 is 0 Å². The third-order valence-corrected chi connectivity index (χ3v) is 5.57. The molecule has 0 aliphatic carbocycles. The summed E-state index contributed by atoms with van der Waals surface area (Å²) < 4.78 is 3.01. The highest BCUT2D eigenvalue weighted by molar-refractivity contribution is 9.10. The van der Waals surface area contributed by atoms with E-state index in [0.29, 0.717) is 0 Å². The van der Waals surface area contributed by atoms with E-state index in [1.165, 1.54) is 0 Å². The second-order valence-corrected chi connectivity index (χ2v) is 7.88. The highest BCUT2D eigenvalue weighted by atomic mass is 79.9. The zero-order chi connectivity index (χ0) is 19.8. The van der Waals surface area contributed by atoms with E-state index in [1.807, 2.05) is 48.0 Å². The number of aromatic nitrogens is 3. The maximum atomic E-state index is 5.04. The Kier molecular flexibility index (Phi) is 4.49. The van der Waals surface area contributed by atoms with Crippen molar-refractivity contribution >= 4 is 27.0 Å². The molecule has 0 amide bonds. The van der Waals surface area contributed by atoms with Gasteiger partial charge in [0.25, 0.3) is 0 Å². The lowest BCUT2D eigenvalue weighted by Gasteiger charge is -2.10. The van der Waals surface area contributed by atoms with Crippen LogP contribution >= 0.6 is 15.9 Å². The molecule has 5 rings (SSSR count). The summed E-state index contributed by atoms with van der Waals surface area (Å²) in [5.74, 6) is 0. The summed E-state index contributed by atoms with van der Waals surface area (Å²) >= 11 is 3.54. The van der Waals surface area contributed by atoms with Gasteiger partial charge in [0.15, 0.2) is 5.65 Å². The monoisotopic (exact) mass is 439 g/mol. The fourth-order valence-corrected chi connectivity index (χ4v) is 3.92. The standard InChI is InChI=1S/C25H18BrN3/c1-17-24-22(18-12-14-20(26)15-13-18)16-23(19-8-4-2-5-9-19)27-25(24)29(28-17)21-10-6-3-7-11-21/h2-16H,1H3. The molecule has 0 spiro atoms. The van der Waals surface area contributed by atoms with Crippen molar-refractivity contribution in [3.8, 4) is 28.1 Å². The molecule has 0 bridgehead atoms. The van der Waals surface area contributed by atoms with E-state index in [1.54, 1.807) is 0 Å². The van der Waals surface area contributed by atoms with Crippen LogP contribution in [0.15, 0.2) is 95.5 Å². The van der Waals surface area contributed by atoms with Crippen LogP contribution in [0.2, 0.25) is 0 Å². The molecule has 29 heavy (non-hydrogen) atoms. The van der Waals surface area contributed by atoms with Crippen molar-refractivity contribution in [1.29, 1.82) is 0 Å². The molecule has 0 N–H and O–H groups in total. The third kappa shape index (κ3) is 3.26. The van der Waals surface area contributed by atoms with Gasteiger partial charge in [-0.15, -0.1) is 0 Å². The van der Waals surface area contributed by atoms with Crippen LogP contribution in [0.1, 0.15) is 5.69 Å². The van der Waals surface area contributed by atoms with Crippen molar-refractivity contribution < 1.29 is 0 Å². The molecule has 3 nitrogen and oxygen atoms in total. The van der Waals surface area contributed by atoms with Gasteiger partial charge in [0.05, 0.1) is 22.5 Å².